The van der Waals surface area contributed by atoms with E-state index in [1.165, 1.54) is 30.6 Å². The van der Waals surface area contributed by atoms with E-state index in [-0.39, 0.29) is 0 Å². The van der Waals surface area contributed by atoms with Crippen molar-refractivity contribution in [3.63, 3.8) is 0 Å². The van der Waals surface area contributed by atoms with Gasteiger partial charge in [-0.1, -0.05) is 18.9 Å². The van der Waals surface area contributed by atoms with Crippen LogP contribution in [0.5, 0.6) is 0 Å². The average molecular weight is 261 g/mol. The molecular formula is C14H19N3S. The summed E-state index contributed by atoms with van der Waals surface area (Å²) >= 11 is 1.85. The van der Waals surface area contributed by atoms with Gasteiger partial charge in [-0.25, -0.2) is 0 Å². The number of aryl methyl sites for hydroxylation is 1. The van der Waals surface area contributed by atoms with E-state index in [1.54, 1.807) is 0 Å². The minimum atomic E-state index is 0.455. The van der Waals surface area contributed by atoms with E-state index in [1.807, 2.05) is 29.3 Å². The first-order chi connectivity index (χ1) is 8.83. The molecule has 0 aliphatic heterocycles. The lowest BCUT2D eigenvalue weighted by atomic mass is 9.96. The highest BCUT2D eigenvalue weighted by molar-refractivity contribution is 7.10. The lowest BCUT2D eigenvalue weighted by Gasteiger charge is -2.24. The lowest BCUT2D eigenvalue weighted by Crippen LogP contribution is -2.17. The summed E-state index contributed by atoms with van der Waals surface area (Å²) in [5.74, 6) is 0.767. The molecule has 2 heterocycles. The topological polar surface area (TPSA) is 29.9 Å². The smallest absolute Gasteiger partial charge is 0.0731 e. The fourth-order valence-electron chi connectivity index (χ4n) is 2.86. The molecule has 96 valence electrons. The number of rotatable bonds is 4. The van der Waals surface area contributed by atoms with Crippen molar-refractivity contribution in [3.8, 4) is 0 Å². The van der Waals surface area contributed by atoms with Crippen LogP contribution in [0, 0.1) is 5.92 Å². The van der Waals surface area contributed by atoms with E-state index < -0.39 is 0 Å². The average Bonchev–Trinajstić information content (AvgIpc) is 3.09. The highest BCUT2D eigenvalue weighted by Crippen LogP contribution is 2.39. The van der Waals surface area contributed by atoms with E-state index in [4.69, 9.17) is 0 Å². The third-order valence-corrected chi connectivity index (χ3v) is 4.70. The quantitative estimate of drug-likeness (QED) is 0.906. The van der Waals surface area contributed by atoms with Crippen LogP contribution in [0.1, 0.15) is 36.6 Å². The standard InChI is InChI=1S/C14H19N3S/c1-17-10-12(9-15-17)16-14(11-5-2-3-6-11)13-7-4-8-18-13/h4,7-11,14,16H,2-3,5-6H2,1H3. The van der Waals surface area contributed by atoms with Gasteiger partial charge in [0.25, 0.3) is 0 Å². The fraction of sp³-hybridized carbons (Fsp3) is 0.500. The van der Waals surface area contributed by atoms with E-state index in [9.17, 15) is 0 Å². The highest BCUT2D eigenvalue weighted by Gasteiger charge is 2.27. The van der Waals surface area contributed by atoms with Gasteiger partial charge in [-0.2, -0.15) is 5.10 Å². The molecule has 1 fully saturated rings. The summed E-state index contributed by atoms with van der Waals surface area (Å²) in [6.07, 6.45) is 9.40. The number of hydrogen-bond donors (Lipinski definition) is 1. The minimum absolute atomic E-state index is 0.455. The highest BCUT2D eigenvalue weighted by atomic mass is 32.1. The van der Waals surface area contributed by atoms with Gasteiger partial charge in [-0.15, -0.1) is 11.3 Å². The van der Waals surface area contributed by atoms with Gasteiger partial charge in [-0.3, -0.25) is 4.68 Å². The summed E-state index contributed by atoms with van der Waals surface area (Å²) in [6.45, 7) is 0. The summed E-state index contributed by atoms with van der Waals surface area (Å²) in [4.78, 5) is 1.45. The minimum Gasteiger partial charge on any atom is -0.375 e. The van der Waals surface area contributed by atoms with Crippen molar-refractivity contribution >= 4 is 17.0 Å². The van der Waals surface area contributed by atoms with E-state index >= 15 is 0 Å². The van der Waals surface area contributed by atoms with E-state index in [0.717, 1.165) is 11.6 Å². The number of aromatic nitrogens is 2. The van der Waals surface area contributed by atoms with Crippen molar-refractivity contribution in [3.05, 3.63) is 34.8 Å². The van der Waals surface area contributed by atoms with Crippen LogP contribution in [0.15, 0.2) is 29.9 Å². The van der Waals surface area contributed by atoms with Crippen LogP contribution in [0.3, 0.4) is 0 Å². The van der Waals surface area contributed by atoms with Crippen LogP contribution in [-0.2, 0) is 7.05 Å². The first-order valence-electron chi connectivity index (χ1n) is 6.61. The van der Waals surface area contributed by atoms with Gasteiger partial charge in [0, 0.05) is 18.1 Å². The van der Waals surface area contributed by atoms with Gasteiger partial charge < -0.3 is 5.32 Å². The number of hydrogen-bond acceptors (Lipinski definition) is 3. The molecule has 0 aromatic carbocycles. The molecule has 3 nitrogen and oxygen atoms in total. The van der Waals surface area contributed by atoms with Crippen molar-refractivity contribution in [2.75, 3.05) is 5.32 Å². The SMILES string of the molecule is Cn1cc(NC(c2cccs2)C2CCCC2)cn1. The number of thiophene rings is 1. The van der Waals surface area contributed by atoms with Gasteiger partial charge in [0.15, 0.2) is 0 Å². The Morgan fingerprint density at radius 1 is 1.44 bits per heavy atom. The molecule has 0 spiro atoms. The second kappa shape index (κ2) is 5.14. The molecule has 18 heavy (non-hydrogen) atoms. The van der Waals surface area contributed by atoms with Crippen LogP contribution in [0.4, 0.5) is 5.69 Å². The molecule has 1 atom stereocenters. The zero-order valence-electron chi connectivity index (χ0n) is 10.7. The summed E-state index contributed by atoms with van der Waals surface area (Å²) in [7, 11) is 1.96. The van der Waals surface area contributed by atoms with E-state index in [2.05, 4.69) is 34.1 Å². The summed E-state index contributed by atoms with van der Waals surface area (Å²) in [5.41, 5.74) is 1.13. The van der Waals surface area contributed by atoms with Gasteiger partial charge in [0.1, 0.15) is 0 Å². The second-order valence-electron chi connectivity index (χ2n) is 5.08. The van der Waals surface area contributed by atoms with Crippen LogP contribution < -0.4 is 5.32 Å². The third-order valence-electron chi connectivity index (χ3n) is 3.75. The molecule has 4 heteroatoms. The molecule has 2 aromatic heterocycles. The molecule has 1 saturated carbocycles. The Kier molecular flexibility index (Phi) is 3.37. The maximum Gasteiger partial charge on any atom is 0.0731 e. The molecule has 1 unspecified atom stereocenters. The molecule has 0 amide bonds. The Balaban J connectivity index is 1.81. The Hall–Kier alpha value is -1.29. The molecular weight excluding hydrogens is 242 g/mol. The predicted molar refractivity (Wildman–Crippen MR) is 75.8 cm³/mol. The molecule has 1 N–H and O–H groups in total. The maximum atomic E-state index is 4.24. The van der Waals surface area contributed by atoms with Gasteiger partial charge in [0.05, 0.1) is 17.9 Å². The second-order valence-corrected chi connectivity index (χ2v) is 6.06. The number of anilines is 1. The van der Waals surface area contributed by atoms with Crippen LogP contribution >= 0.6 is 11.3 Å². The largest absolute Gasteiger partial charge is 0.375 e. The monoisotopic (exact) mass is 261 g/mol. The van der Waals surface area contributed by atoms with Crippen molar-refractivity contribution in [2.45, 2.75) is 31.7 Å². The molecule has 0 radical (unpaired) electrons. The zero-order valence-corrected chi connectivity index (χ0v) is 11.5. The molecule has 1 aliphatic rings. The first kappa shape index (κ1) is 11.8. The summed E-state index contributed by atoms with van der Waals surface area (Å²) < 4.78 is 1.85. The van der Waals surface area contributed by atoms with Crippen molar-refractivity contribution in [1.82, 2.24) is 9.78 Å². The molecule has 0 bridgehead atoms. The molecule has 3 rings (SSSR count). The third kappa shape index (κ3) is 2.43. The van der Waals surface area contributed by atoms with Crippen LogP contribution in [0.2, 0.25) is 0 Å². The van der Waals surface area contributed by atoms with Crippen molar-refractivity contribution in [1.29, 1.82) is 0 Å². The molecule has 2 aromatic rings. The first-order valence-corrected chi connectivity index (χ1v) is 7.49. The Morgan fingerprint density at radius 2 is 2.28 bits per heavy atom. The van der Waals surface area contributed by atoms with E-state index in [0.29, 0.717) is 6.04 Å². The normalized spacial score (nSPS) is 18.1. The maximum absolute atomic E-state index is 4.24. The summed E-state index contributed by atoms with van der Waals surface area (Å²) in [5, 5.41) is 10.1. The van der Waals surface area contributed by atoms with Gasteiger partial charge in [-0.05, 0) is 30.2 Å². The molecule has 1 aliphatic carbocycles. The van der Waals surface area contributed by atoms with Gasteiger partial charge in [0.2, 0.25) is 0 Å². The molecule has 0 saturated heterocycles. The predicted octanol–water partition coefficient (Wildman–Crippen LogP) is 3.83. The lowest BCUT2D eigenvalue weighted by molar-refractivity contribution is 0.475. The number of nitrogens with one attached hydrogen (secondary N) is 1. The van der Waals surface area contributed by atoms with Gasteiger partial charge >= 0.3 is 0 Å². The fourth-order valence-corrected chi connectivity index (χ4v) is 3.72. The Bertz CT molecular complexity index is 483. The Labute approximate surface area is 112 Å². The summed E-state index contributed by atoms with van der Waals surface area (Å²) in [6, 6.07) is 4.85. The number of nitrogens with zero attached hydrogens (tertiary/aromatic N) is 2. The van der Waals surface area contributed by atoms with Crippen LogP contribution in [-0.4, -0.2) is 9.78 Å². The van der Waals surface area contributed by atoms with Crippen molar-refractivity contribution < 1.29 is 0 Å². The zero-order chi connectivity index (χ0) is 12.4. The van der Waals surface area contributed by atoms with Crippen LogP contribution in [0.25, 0.3) is 0 Å². The van der Waals surface area contributed by atoms with Crippen molar-refractivity contribution in [2.24, 2.45) is 13.0 Å². The Morgan fingerprint density at radius 3 is 2.89 bits per heavy atom.